The van der Waals surface area contributed by atoms with Crippen LogP contribution < -0.4 is 5.32 Å². The first kappa shape index (κ1) is 11.0. The summed E-state index contributed by atoms with van der Waals surface area (Å²) in [6.07, 6.45) is 5.25. The van der Waals surface area contributed by atoms with Gasteiger partial charge in [0.25, 0.3) is 0 Å². The first-order valence-electron chi connectivity index (χ1n) is 5.29. The van der Waals surface area contributed by atoms with E-state index in [0.29, 0.717) is 0 Å². The first-order valence-corrected chi connectivity index (χ1v) is 5.29. The van der Waals surface area contributed by atoms with Crippen LogP contribution in [0.2, 0.25) is 0 Å². The van der Waals surface area contributed by atoms with Crippen LogP contribution in [0.4, 0.5) is 0 Å². The smallest absolute Gasteiger partial charge is 0.0693 e. The molecule has 78 valence electrons. The Morgan fingerprint density at radius 3 is 2.69 bits per heavy atom. The molecule has 3 atom stereocenters. The third-order valence-electron chi connectivity index (χ3n) is 2.75. The number of nitrogens with one attached hydrogen (secondary N) is 1. The van der Waals surface area contributed by atoms with E-state index in [0.717, 1.165) is 19.3 Å². The highest BCUT2D eigenvalue weighted by atomic mass is 16.3. The lowest BCUT2D eigenvalue weighted by Crippen LogP contribution is -2.45. The Balaban J connectivity index is 2.35. The Hall–Kier alpha value is -0.120. The van der Waals surface area contributed by atoms with Gasteiger partial charge in [0.1, 0.15) is 0 Å². The summed E-state index contributed by atoms with van der Waals surface area (Å²) in [6.45, 7) is 2.08. The molecule has 3 nitrogen and oxygen atoms in total. The zero-order valence-electron chi connectivity index (χ0n) is 8.37. The Bertz CT molecular complexity index is 141. The van der Waals surface area contributed by atoms with Gasteiger partial charge in [-0.15, -0.1) is 0 Å². The average Bonchev–Trinajstić information content (AvgIpc) is 2.32. The van der Waals surface area contributed by atoms with Crippen LogP contribution in [0.15, 0.2) is 0 Å². The summed E-state index contributed by atoms with van der Waals surface area (Å²) in [4.78, 5) is 0. The standard InChI is InChI=1S/C10H21NO2/c1-8(7-12)11-9-5-3-2-4-6-10(9)13/h8-13H,2-7H2,1H3. The van der Waals surface area contributed by atoms with Crippen molar-refractivity contribution >= 4 is 0 Å². The molecule has 1 aliphatic carbocycles. The van der Waals surface area contributed by atoms with E-state index in [4.69, 9.17) is 5.11 Å². The van der Waals surface area contributed by atoms with E-state index in [9.17, 15) is 5.11 Å². The highest BCUT2D eigenvalue weighted by Gasteiger charge is 2.22. The second-order valence-corrected chi connectivity index (χ2v) is 4.06. The summed E-state index contributed by atoms with van der Waals surface area (Å²) < 4.78 is 0. The molecule has 0 radical (unpaired) electrons. The fourth-order valence-electron chi connectivity index (χ4n) is 1.90. The molecule has 3 N–H and O–H groups in total. The number of hydrogen-bond donors (Lipinski definition) is 3. The van der Waals surface area contributed by atoms with Crippen molar-refractivity contribution in [3.63, 3.8) is 0 Å². The van der Waals surface area contributed by atoms with Crippen molar-refractivity contribution in [1.29, 1.82) is 0 Å². The SMILES string of the molecule is CC(CO)NC1CCCCCC1O. The summed E-state index contributed by atoms with van der Waals surface area (Å²) in [5.74, 6) is 0. The number of rotatable bonds is 3. The molecular formula is C10H21NO2. The predicted octanol–water partition coefficient (Wildman–Crippen LogP) is 0.650. The molecule has 0 spiro atoms. The topological polar surface area (TPSA) is 52.5 Å². The summed E-state index contributed by atoms with van der Waals surface area (Å²) in [7, 11) is 0. The zero-order chi connectivity index (χ0) is 9.68. The van der Waals surface area contributed by atoms with Gasteiger partial charge in [-0.2, -0.15) is 0 Å². The maximum absolute atomic E-state index is 9.75. The van der Waals surface area contributed by atoms with Crippen molar-refractivity contribution in [3.05, 3.63) is 0 Å². The van der Waals surface area contributed by atoms with Gasteiger partial charge in [0.2, 0.25) is 0 Å². The second-order valence-electron chi connectivity index (χ2n) is 4.06. The van der Waals surface area contributed by atoms with Gasteiger partial charge in [0.15, 0.2) is 0 Å². The van der Waals surface area contributed by atoms with Crippen molar-refractivity contribution < 1.29 is 10.2 Å². The van der Waals surface area contributed by atoms with Gasteiger partial charge in [0.05, 0.1) is 12.7 Å². The molecule has 0 aromatic carbocycles. The fraction of sp³-hybridized carbons (Fsp3) is 1.00. The highest BCUT2D eigenvalue weighted by Crippen LogP contribution is 2.18. The van der Waals surface area contributed by atoms with Crippen LogP contribution in [0, 0.1) is 0 Å². The Morgan fingerprint density at radius 2 is 2.00 bits per heavy atom. The van der Waals surface area contributed by atoms with Gasteiger partial charge in [-0.3, -0.25) is 0 Å². The van der Waals surface area contributed by atoms with Gasteiger partial charge < -0.3 is 15.5 Å². The van der Waals surface area contributed by atoms with Crippen molar-refractivity contribution in [2.75, 3.05) is 6.61 Å². The molecular weight excluding hydrogens is 166 g/mol. The van der Waals surface area contributed by atoms with Gasteiger partial charge in [-0.1, -0.05) is 19.3 Å². The Labute approximate surface area is 80.2 Å². The number of aliphatic hydroxyl groups excluding tert-OH is 2. The normalized spacial score (nSPS) is 32.5. The van der Waals surface area contributed by atoms with E-state index in [1.165, 1.54) is 12.8 Å². The lowest BCUT2D eigenvalue weighted by atomic mass is 10.1. The van der Waals surface area contributed by atoms with Crippen LogP contribution in [0.3, 0.4) is 0 Å². The minimum Gasteiger partial charge on any atom is -0.395 e. The van der Waals surface area contributed by atoms with E-state index in [-0.39, 0.29) is 24.8 Å². The molecule has 0 heterocycles. The third-order valence-corrected chi connectivity index (χ3v) is 2.75. The molecule has 1 rings (SSSR count). The van der Waals surface area contributed by atoms with Crippen LogP contribution in [-0.2, 0) is 0 Å². The van der Waals surface area contributed by atoms with Crippen LogP contribution in [-0.4, -0.2) is 35.0 Å². The number of hydrogen-bond acceptors (Lipinski definition) is 3. The molecule has 13 heavy (non-hydrogen) atoms. The summed E-state index contributed by atoms with van der Waals surface area (Å²) in [6, 6.07) is 0.280. The van der Waals surface area contributed by atoms with Crippen molar-refractivity contribution in [2.45, 2.75) is 57.2 Å². The van der Waals surface area contributed by atoms with Crippen molar-refractivity contribution in [2.24, 2.45) is 0 Å². The second kappa shape index (κ2) is 5.58. The zero-order valence-corrected chi connectivity index (χ0v) is 8.37. The highest BCUT2D eigenvalue weighted by molar-refractivity contribution is 4.80. The monoisotopic (exact) mass is 187 g/mol. The van der Waals surface area contributed by atoms with Gasteiger partial charge in [-0.25, -0.2) is 0 Å². The van der Waals surface area contributed by atoms with Crippen molar-refractivity contribution in [3.8, 4) is 0 Å². The fourth-order valence-corrected chi connectivity index (χ4v) is 1.90. The molecule has 0 aromatic rings. The van der Waals surface area contributed by atoms with Crippen molar-refractivity contribution in [1.82, 2.24) is 5.32 Å². The molecule has 3 heteroatoms. The predicted molar refractivity (Wildman–Crippen MR) is 52.6 cm³/mol. The van der Waals surface area contributed by atoms with E-state index in [1.807, 2.05) is 6.92 Å². The minimum atomic E-state index is -0.225. The lowest BCUT2D eigenvalue weighted by molar-refractivity contribution is 0.107. The van der Waals surface area contributed by atoms with Crippen LogP contribution in [0.5, 0.6) is 0 Å². The molecule has 0 amide bonds. The summed E-state index contributed by atoms with van der Waals surface area (Å²) >= 11 is 0. The molecule has 1 saturated carbocycles. The maximum Gasteiger partial charge on any atom is 0.0693 e. The van der Waals surface area contributed by atoms with Crippen LogP contribution in [0.1, 0.15) is 39.0 Å². The average molecular weight is 187 g/mol. The van der Waals surface area contributed by atoms with Crippen LogP contribution >= 0.6 is 0 Å². The Kier molecular flexibility index (Phi) is 4.70. The molecule has 0 bridgehead atoms. The van der Waals surface area contributed by atoms with Gasteiger partial charge in [-0.05, 0) is 19.8 Å². The van der Waals surface area contributed by atoms with Gasteiger partial charge in [0, 0.05) is 12.1 Å². The third kappa shape index (κ3) is 3.63. The maximum atomic E-state index is 9.75. The number of aliphatic hydroxyl groups is 2. The Morgan fingerprint density at radius 1 is 1.31 bits per heavy atom. The van der Waals surface area contributed by atoms with E-state index >= 15 is 0 Å². The molecule has 1 aliphatic rings. The largest absolute Gasteiger partial charge is 0.395 e. The molecule has 0 aliphatic heterocycles. The molecule has 0 aromatic heterocycles. The minimum absolute atomic E-state index is 0.0951. The molecule has 0 saturated heterocycles. The van der Waals surface area contributed by atoms with E-state index in [2.05, 4.69) is 5.32 Å². The summed E-state index contributed by atoms with van der Waals surface area (Å²) in [5, 5.41) is 21.9. The quantitative estimate of drug-likeness (QED) is 0.569. The molecule has 3 unspecified atom stereocenters. The lowest BCUT2D eigenvalue weighted by Gasteiger charge is -2.24. The van der Waals surface area contributed by atoms with Gasteiger partial charge >= 0.3 is 0 Å². The summed E-state index contributed by atoms with van der Waals surface area (Å²) in [5.41, 5.74) is 0. The van der Waals surface area contributed by atoms with E-state index in [1.54, 1.807) is 0 Å². The van der Waals surface area contributed by atoms with Crippen LogP contribution in [0.25, 0.3) is 0 Å². The molecule has 1 fully saturated rings. The first-order chi connectivity index (χ1) is 6.24. The van der Waals surface area contributed by atoms with E-state index < -0.39 is 0 Å².